The molecule has 0 aliphatic heterocycles. The van der Waals surface area contributed by atoms with Gasteiger partial charge in [-0.05, 0) is 38.8 Å². The summed E-state index contributed by atoms with van der Waals surface area (Å²) in [5.74, 6) is 0.434. The number of nitrogens with two attached hydrogens (primary N) is 1. The largest absolute Gasteiger partial charge is 0.490 e. The quantitative estimate of drug-likeness (QED) is 0.543. The molecule has 2 rings (SSSR count). The number of hydrogen-bond donors (Lipinski definition) is 3. The number of ether oxygens (including phenoxy) is 2. The van der Waals surface area contributed by atoms with E-state index in [2.05, 4.69) is 10.0 Å². The van der Waals surface area contributed by atoms with Crippen LogP contribution in [0.25, 0.3) is 0 Å². The third-order valence-corrected chi connectivity index (χ3v) is 6.00. The first-order valence-corrected chi connectivity index (χ1v) is 10.7. The van der Waals surface area contributed by atoms with Crippen molar-refractivity contribution in [2.24, 2.45) is 5.73 Å². The molecule has 0 spiro atoms. The van der Waals surface area contributed by atoms with Gasteiger partial charge in [-0.3, -0.25) is 4.79 Å². The van der Waals surface area contributed by atoms with Crippen LogP contribution in [-0.2, 0) is 14.8 Å². The second kappa shape index (κ2) is 9.38. The van der Waals surface area contributed by atoms with Crippen molar-refractivity contribution < 1.29 is 22.7 Å². The Bertz CT molecular complexity index is 745. The fourth-order valence-electron chi connectivity index (χ4n) is 3.21. The lowest BCUT2D eigenvalue weighted by molar-refractivity contribution is -0.121. The number of hydrogen-bond acceptors (Lipinski definition) is 6. The summed E-state index contributed by atoms with van der Waals surface area (Å²) in [6.45, 7) is 4.45. The van der Waals surface area contributed by atoms with Crippen LogP contribution in [0.3, 0.4) is 0 Å². The summed E-state index contributed by atoms with van der Waals surface area (Å²) in [7, 11) is -3.87. The number of carbonyl (C=O) groups excluding carboxylic acids is 1. The molecule has 1 aliphatic rings. The van der Waals surface area contributed by atoms with Crippen molar-refractivity contribution in [1.82, 2.24) is 10.0 Å². The smallest absolute Gasteiger partial charge is 0.241 e. The van der Waals surface area contributed by atoms with Crippen LogP contribution < -0.4 is 25.2 Å². The van der Waals surface area contributed by atoms with Gasteiger partial charge in [0.05, 0.1) is 30.2 Å². The molecular formula is C18H29N3O5S. The topological polar surface area (TPSA) is 120 Å². The molecule has 0 heterocycles. The number of benzene rings is 1. The molecule has 1 amide bonds. The Morgan fingerprint density at radius 1 is 1.15 bits per heavy atom. The average molecular weight is 400 g/mol. The van der Waals surface area contributed by atoms with Crippen molar-refractivity contribution in [3.63, 3.8) is 0 Å². The van der Waals surface area contributed by atoms with Crippen LogP contribution in [0.15, 0.2) is 23.1 Å². The first kappa shape index (κ1) is 21.5. The third-order valence-electron chi connectivity index (χ3n) is 4.60. The van der Waals surface area contributed by atoms with Gasteiger partial charge in [0, 0.05) is 12.6 Å². The zero-order valence-corrected chi connectivity index (χ0v) is 16.7. The molecule has 1 fully saturated rings. The zero-order chi connectivity index (χ0) is 19.9. The molecule has 0 atom stereocenters. The van der Waals surface area contributed by atoms with Gasteiger partial charge in [-0.2, -0.15) is 0 Å². The van der Waals surface area contributed by atoms with E-state index in [0.29, 0.717) is 31.3 Å². The summed E-state index contributed by atoms with van der Waals surface area (Å²) in [5.41, 5.74) is 5.38. The van der Waals surface area contributed by atoms with E-state index >= 15 is 0 Å². The van der Waals surface area contributed by atoms with Gasteiger partial charge in [0.1, 0.15) is 0 Å². The lowest BCUT2D eigenvalue weighted by atomic mass is 9.98. The molecule has 1 saturated carbocycles. The van der Waals surface area contributed by atoms with E-state index in [-0.39, 0.29) is 17.3 Å². The van der Waals surface area contributed by atoms with E-state index in [1.807, 2.05) is 6.92 Å². The Kier molecular flexibility index (Phi) is 7.46. The Labute approximate surface area is 160 Å². The van der Waals surface area contributed by atoms with Crippen molar-refractivity contribution in [3.05, 3.63) is 18.2 Å². The molecule has 152 valence electrons. The summed E-state index contributed by atoms with van der Waals surface area (Å²) in [5, 5.41) is 2.89. The molecule has 9 heteroatoms. The summed E-state index contributed by atoms with van der Waals surface area (Å²) in [6, 6.07) is 4.37. The van der Waals surface area contributed by atoms with Crippen LogP contribution in [0.1, 0.15) is 39.5 Å². The normalized spacial score (nSPS) is 16.1. The summed E-state index contributed by atoms with van der Waals surface area (Å²) >= 11 is 0. The predicted molar refractivity (Wildman–Crippen MR) is 102 cm³/mol. The molecule has 0 saturated heterocycles. The monoisotopic (exact) mass is 399 g/mol. The molecule has 1 aliphatic carbocycles. The number of carbonyl (C=O) groups is 1. The number of rotatable bonds is 10. The number of sulfonamides is 1. The number of amides is 1. The highest BCUT2D eigenvalue weighted by Gasteiger charge is 2.34. The molecule has 8 nitrogen and oxygen atoms in total. The molecule has 27 heavy (non-hydrogen) atoms. The van der Waals surface area contributed by atoms with Gasteiger partial charge in [-0.15, -0.1) is 0 Å². The molecule has 0 aromatic heterocycles. The maximum Gasteiger partial charge on any atom is 0.241 e. The fraction of sp³-hybridized carbons (Fsp3) is 0.611. The van der Waals surface area contributed by atoms with Gasteiger partial charge in [-0.25, -0.2) is 13.1 Å². The van der Waals surface area contributed by atoms with E-state index < -0.39 is 15.6 Å². The highest BCUT2D eigenvalue weighted by molar-refractivity contribution is 7.89. The van der Waals surface area contributed by atoms with Gasteiger partial charge >= 0.3 is 0 Å². The van der Waals surface area contributed by atoms with E-state index in [9.17, 15) is 13.2 Å². The standard InChI is InChI=1S/C18H29N3O5S/c1-3-25-15-8-7-14(11-16(15)26-4-2)27(23,24)20-12-17(22)21-18(13-19)9-5-6-10-18/h7-8,11,20H,3-6,9-10,12-13,19H2,1-2H3,(H,21,22). The highest BCUT2D eigenvalue weighted by atomic mass is 32.2. The summed E-state index contributed by atoms with van der Waals surface area (Å²) < 4.78 is 38.3. The highest BCUT2D eigenvalue weighted by Crippen LogP contribution is 2.30. The van der Waals surface area contributed by atoms with Crippen LogP contribution in [-0.4, -0.2) is 46.2 Å². The molecule has 1 aromatic rings. The first-order chi connectivity index (χ1) is 12.9. The minimum atomic E-state index is -3.87. The second-order valence-corrected chi connectivity index (χ2v) is 8.31. The van der Waals surface area contributed by atoms with Crippen LogP contribution >= 0.6 is 0 Å². The lowest BCUT2D eigenvalue weighted by Crippen LogP contribution is -2.54. The van der Waals surface area contributed by atoms with E-state index in [1.165, 1.54) is 12.1 Å². The van der Waals surface area contributed by atoms with Crippen molar-refractivity contribution in [3.8, 4) is 11.5 Å². The first-order valence-electron chi connectivity index (χ1n) is 9.26. The SMILES string of the molecule is CCOc1ccc(S(=O)(=O)NCC(=O)NC2(CN)CCCC2)cc1OCC. The van der Waals surface area contributed by atoms with E-state index in [4.69, 9.17) is 15.2 Å². The van der Waals surface area contributed by atoms with Crippen molar-refractivity contribution in [1.29, 1.82) is 0 Å². The molecule has 4 N–H and O–H groups in total. The van der Waals surface area contributed by atoms with Gasteiger partial charge in [0.25, 0.3) is 0 Å². The van der Waals surface area contributed by atoms with Crippen molar-refractivity contribution in [2.75, 3.05) is 26.3 Å². The van der Waals surface area contributed by atoms with Crippen LogP contribution in [0.5, 0.6) is 11.5 Å². The third kappa shape index (κ3) is 5.57. The van der Waals surface area contributed by atoms with Gasteiger partial charge in [-0.1, -0.05) is 12.8 Å². The van der Waals surface area contributed by atoms with Crippen LogP contribution in [0, 0.1) is 0 Å². The Hall–Kier alpha value is -1.84. The Morgan fingerprint density at radius 2 is 1.78 bits per heavy atom. The maximum absolute atomic E-state index is 12.5. The average Bonchev–Trinajstić information content (AvgIpc) is 3.11. The molecule has 0 bridgehead atoms. The molecule has 1 aromatic carbocycles. The molecule has 0 unspecified atom stereocenters. The van der Waals surface area contributed by atoms with E-state index in [0.717, 1.165) is 25.7 Å². The van der Waals surface area contributed by atoms with Gasteiger partial charge in [0.2, 0.25) is 15.9 Å². The number of nitrogens with one attached hydrogen (secondary N) is 2. The minimum absolute atomic E-state index is 0.0107. The summed E-state index contributed by atoms with van der Waals surface area (Å²) in [4.78, 5) is 12.2. The van der Waals surface area contributed by atoms with Crippen LogP contribution in [0.2, 0.25) is 0 Å². The zero-order valence-electron chi connectivity index (χ0n) is 15.9. The van der Waals surface area contributed by atoms with Gasteiger partial charge in [0.15, 0.2) is 11.5 Å². The van der Waals surface area contributed by atoms with E-state index in [1.54, 1.807) is 13.0 Å². The maximum atomic E-state index is 12.5. The Morgan fingerprint density at radius 3 is 2.37 bits per heavy atom. The Balaban J connectivity index is 2.05. The van der Waals surface area contributed by atoms with Crippen molar-refractivity contribution >= 4 is 15.9 Å². The molecule has 0 radical (unpaired) electrons. The predicted octanol–water partition coefficient (Wildman–Crippen LogP) is 1.15. The lowest BCUT2D eigenvalue weighted by Gasteiger charge is -2.28. The minimum Gasteiger partial charge on any atom is -0.490 e. The second-order valence-electron chi connectivity index (χ2n) is 6.54. The van der Waals surface area contributed by atoms with Crippen molar-refractivity contribution in [2.45, 2.75) is 50.0 Å². The van der Waals surface area contributed by atoms with Gasteiger partial charge < -0.3 is 20.5 Å². The summed E-state index contributed by atoms with van der Waals surface area (Å²) in [6.07, 6.45) is 3.66. The fourth-order valence-corrected chi connectivity index (χ4v) is 4.21. The van der Waals surface area contributed by atoms with Crippen LogP contribution in [0.4, 0.5) is 0 Å². The molecular weight excluding hydrogens is 370 g/mol.